The van der Waals surface area contributed by atoms with Crippen LogP contribution in [-0.4, -0.2) is 47.7 Å². The first kappa shape index (κ1) is 19.5. The highest BCUT2D eigenvalue weighted by molar-refractivity contribution is 5.68. The molecule has 0 aromatic heterocycles. The third-order valence-corrected chi connectivity index (χ3v) is 4.63. The first-order valence-corrected chi connectivity index (χ1v) is 9.10. The predicted octanol–water partition coefficient (Wildman–Crippen LogP) is 4.32. The molecule has 1 aromatic carbocycles. The van der Waals surface area contributed by atoms with Crippen molar-refractivity contribution in [2.75, 3.05) is 26.2 Å². The average Bonchev–Trinajstić information content (AvgIpc) is 3.34. The van der Waals surface area contributed by atoms with E-state index in [0.29, 0.717) is 5.41 Å². The van der Waals surface area contributed by atoms with Gasteiger partial charge in [0, 0.05) is 38.1 Å². The molecule has 0 N–H and O–H groups in total. The van der Waals surface area contributed by atoms with Crippen LogP contribution in [0, 0.1) is 5.41 Å². The second-order valence-electron chi connectivity index (χ2n) is 8.10. The third-order valence-electron chi connectivity index (χ3n) is 4.63. The molecule has 1 spiro atoms. The van der Waals surface area contributed by atoms with Crippen molar-refractivity contribution in [2.45, 2.75) is 45.8 Å². The molecule has 1 aromatic rings. The molecule has 4 heteroatoms. The van der Waals surface area contributed by atoms with E-state index in [2.05, 4.69) is 48.4 Å². The van der Waals surface area contributed by atoms with Gasteiger partial charge in [-0.3, -0.25) is 4.90 Å². The van der Waals surface area contributed by atoms with Gasteiger partial charge in [0.25, 0.3) is 0 Å². The molecule has 1 aliphatic heterocycles. The Hall–Kier alpha value is -1.81. The van der Waals surface area contributed by atoms with Gasteiger partial charge in [0.1, 0.15) is 5.60 Å². The molecule has 2 fully saturated rings. The minimum atomic E-state index is -0.427. The topological polar surface area (TPSA) is 32.8 Å². The number of amides is 1. The molecule has 1 amide bonds. The molecule has 2 aliphatic rings. The largest absolute Gasteiger partial charge is 0.444 e. The fraction of sp³-hybridized carbons (Fsp3) is 0.571. The Morgan fingerprint density at radius 3 is 2.32 bits per heavy atom. The van der Waals surface area contributed by atoms with Crippen molar-refractivity contribution in [3.63, 3.8) is 0 Å². The van der Waals surface area contributed by atoms with E-state index >= 15 is 0 Å². The highest BCUT2D eigenvalue weighted by Gasteiger charge is 2.47. The lowest BCUT2D eigenvalue weighted by Gasteiger charge is -2.28. The Morgan fingerprint density at radius 2 is 1.76 bits per heavy atom. The summed E-state index contributed by atoms with van der Waals surface area (Å²) in [4.78, 5) is 16.8. The second-order valence-corrected chi connectivity index (χ2v) is 8.10. The van der Waals surface area contributed by atoms with E-state index in [0.717, 1.165) is 32.7 Å². The smallest absolute Gasteiger partial charge is 0.410 e. The molecule has 0 unspecified atom stereocenters. The summed E-state index contributed by atoms with van der Waals surface area (Å²) in [6.07, 6.45) is 2.28. The van der Waals surface area contributed by atoms with E-state index in [9.17, 15) is 4.79 Å². The van der Waals surface area contributed by atoms with Gasteiger partial charge in [-0.25, -0.2) is 4.79 Å². The predicted molar refractivity (Wildman–Crippen MR) is 102 cm³/mol. The molecule has 138 valence electrons. The Labute approximate surface area is 152 Å². The molecule has 4 nitrogen and oxygen atoms in total. The van der Waals surface area contributed by atoms with Crippen LogP contribution < -0.4 is 0 Å². The molecule has 1 heterocycles. The fourth-order valence-corrected chi connectivity index (χ4v) is 3.30. The van der Waals surface area contributed by atoms with E-state index in [-0.39, 0.29) is 6.09 Å². The van der Waals surface area contributed by atoms with Gasteiger partial charge in [-0.1, -0.05) is 30.3 Å². The molecule has 25 heavy (non-hydrogen) atoms. The summed E-state index contributed by atoms with van der Waals surface area (Å²) < 4.78 is 5.58. The van der Waals surface area contributed by atoms with Gasteiger partial charge >= 0.3 is 6.09 Å². The molecule has 1 saturated carbocycles. The number of benzene rings is 1. The van der Waals surface area contributed by atoms with Gasteiger partial charge in [-0.2, -0.15) is 0 Å². The van der Waals surface area contributed by atoms with Gasteiger partial charge in [-0.15, -0.1) is 13.2 Å². The second kappa shape index (κ2) is 8.05. The SMILES string of the molecule is C=C.CC(C)(C)OC(=O)N1CCN(Cc2ccccc2)CC2(CC2)C1. The number of hydrogen-bond acceptors (Lipinski definition) is 3. The minimum absolute atomic E-state index is 0.162. The van der Waals surface area contributed by atoms with Crippen molar-refractivity contribution in [3.05, 3.63) is 49.1 Å². The van der Waals surface area contributed by atoms with Crippen LogP contribution in [0.2, 0.25) is 0 Å². The maximum absolute atomic E-state index is 12.4. The van der Waals surface area contributed by atoms with Crippen LogP contribution in [0.15, 0.2) is 43.5 Å². The van der Waals surface area contributed by atoms with Crippen molar-refractivity contribution in [2.24, 2.45) is 5.41 Å². The standard InChI is InChI=1S/C19H28N2O2.C2H4/c1-18(2,3)23-17(22)21-12-11-20(14-19(15-21)9-10-19)13-16-7-5-4-6-8-16;1-2/h4-8H,9-15H2,1-3H3;1-2H2. The molecular formula is C21H32N2O2. The first-order chi connectivity index (χ1) is 11.9. The maximum Gasteiger partial charge on any atom is 0.410 e. The van der Waals surface area contributed by atoms with Crippen molar-refractivity contribution in [1.82, 2.24) is 9.80 Å². The van der Waals surface area contributed by atoms with Gasteiger partial charge < -0.3 is 9.64 Å². The Kier molecular flexibility index (Phi) is 6.28. The number of carbonyl (C=O) groups excluding carboxylic acids is 1. The third kappa shape index (κ3) is 5.89. The highest BCUT2D eigenvalue weighted by atomic mass is 16.6. The van der Waals surface area contributed by atoms with Gasteiger partial charge in [-0.05, 0) is 39.2 Å². The van der Waals surface area contributed by atoms with Crippen LogP contribution in [-0.2, 0) is 11.3 Å². The summed E-state index contributed by atoms with van der Waals surface area (Å²) >= 11 is 0. The van der Waals surface area contributed by atoms with E-state index < -0.39 is 5.60 Å². The normalized spacial score (nSPS) is 19.6. The molecular weight excluding hydrogens is 312 g/mol. The monoisotopic (exact) mass is 344 g/mol. The minimum Gasteiger partial charge on any atom is -0.444 e. The summed E-state index contributed by atoms with van der Waals surface area (Å²) in [5.41, 5.74) is 1.21. The molecule has 1 aliphatic carbocycles. The van der Waals surface area contributed by atoms with Crippen LogP contribution in [0.1, 0.15) is 39.2 Å². The van der Waals surface area contributed by atoms with E-state index in [1.807, 2.05) is 25.7 Å². The Bertz CT molecular complexity index is 561. The number of hydrogen-bond donors (Lipinski definition) is 0. The lowest BCUT2D eigenvalue weighted by atomic mass is 10.1. The highest BCUT2D eigenvalue weighted by Crippen LogP contribution is 2.48. The van der Waals surface area contributed by atoms with Crippen molar-refractivity contribution in [3.8, 4) is 0 Å². The Morgan fingerprint density at radius 1 is 1.12 bits per heavy atom. The number of carbonyl (C=O) groups is 1. The first-order valence-electron chi connectivity index (χ1n) is 9.10. The summed E-state index contributed by atoms with van der Waals surface area (Å²) in [5.74, 6) is 0. The number of ether oxygens (including phenoxy) is 1. The summed E-state index contributed by atoms with van der Waals surface area (Å²) in [7, 11) is 0. The van der Waals surface area contributed by atoms with Crippen molar-refractivity contribution < 1.29 is 9.53 Å². The van der Waals surface area contributed by atoms with Gasteiger partial charge in [0.15, 0.2) is 0 Å². The van der Waals surface area contributed by atoms with E-state index in [1.54, 1.807) is 0 Å². The molecule has 0 radical (unpaired) electrons. The molecule has 0 atom stereocenters. The zero-order valence-electron chi connectivity index (χ0n) is 16.0. The van der Waals surface area contributed by atoms with E-state index in [4.69, 9.17) is 4.74 Å². The zero-order valence-corrected chi connectivity index (χ0v) is 16.0. The van der Waals surface area contributed by atoms with Crippen LogP contribution in [0.3, 0.4) is 0 Å². The van der Waals surface area contributed by atoms with Crippen LogP contribution in [0.4, 0.5) is 4.79 Å². The maximum atomic E-state index is 12.4. The van der Waals surface area contributed by atoms with Crippen LogP contribution >= 0.6 is 0 Å². The average molecular weight is 344 g/mol. The zero-order chi connectivity index (χ0) is 18.5. The fourth-order valence-electron chi connectivity index (χ4n) is 3.30. The summed E-state index contributed by atoms with van der Waals surface area (Å²) in [6.45, 7) is 16.3. The van der Waals surface area contributed by atoms with Crippen molar-refractivity contribution in [1.29, 1.82) is 0 Å². The summed E-state index contributed by atoms with van der Waals surface area (Å²) in [5, 5.41) is 0. The van der Waals surface area contributed by atoms with Crippen LogP contribution in [0.25, 0.3) is 0 Å². The van der Waals surface area contributed by atoms with Gasteiger partial charge in [0.2, 0.25) is 0 Å². The molecule has 1 saturated heterocycles. The number of rotatable bonds is 2. The van der Waals surface area contributed by atoms with Crippen LogP contribution in [0.5, 0.6) is 0 Å². The summed E-state index contributed by atoms with van der Waals surface area (Å²) in [6, 6.07) is 10.6. The quantitative estimate of drug-likeness (QED) is 0.749. The molecule has 0 bridgehead atoms. The Balaban J connectivity index is 0.00000109. The van der Waals surface area contributed by atoms with Crippen molar-refractivity contribution >= 4 is 6.09 Å². The number of nitrogens with zero attached hydrogens (tertiary/aromatic N) is 2. The van der Waals surface area contributed by atoms with E-state index in [1.165, 1.54) is 18.4 Å². The lowest BCUT2D eigenvalue weighted by Crippen LogP contribution is -2.40. The molecule has 3 rings (SSSR count). The lowest BCUT2D eigenvalue weighted by molar-refractivity contribution is 0.0233. The van der Waals surface area contributed by atoms with Gasteiger partial charge in [0.05, 0.1) is 0 Å².